The van der Waals surface area contributed by atoms with Crippen LogP contribution >= 0.6 is 11.6 Å². The summed E-state index contributed by atoms with van der Waals surface area (Å²) >= 11 is 5.86. The maximum atomic E-state index is 12.4. The largest absolute Gasteiger partial charge is 0.289 e. The Morgan fingerprint density at radius 3 is 2.69 bits per heavy atom. The molecule has 0 unspecified atom stereocenters. The van der Waals surface area contributed by atoms with Gasteiger partial charge in [-0.3, -0.25) is 9.89 Å². The van der Waals surface area contributed by atoms with E-state index in [1.54, 1.807) is 24.4 Å². The summed E-state index contributed by atoms with van der Waals surface area (Å²) in [5, 5.41) is 14.3. The minimum atomic E-state index is -0.347. The number of H-pyrrole nitrogens is 1. The minimum Gasteiger partial charge on any atom is -0.272 e. The molecule has 4 aromatic rings. The van der Waals surface area contributed by atoms with E-state index in [1.165, 1.54) is 21.9 Å². The molecule has 0 saturated carbocycles. The maximum absolute atomic E-state index is 12.4. The predicted molar refractivity (Wildman–Crippen MR) is 115 cm³/mol. The second kappa shape index (κ2) is 7.18. The fourth-order valence-corrected chi connectivity index (χ4v) is 3.95. The van der Waals surface area contributed by atoms with Crippen LogP contribution in [0.3, 0.4) is 0 Å². The summed E-state index contributed by atoms with van der Waals surface area (Å²) in [6.45, 7) is 0. The van der Waals surface area contributed by atoms with Crippen LogP contribution in [-0.2, 0) is 12.8 Å². The lowest BCUT2D eigenvalue weighted by atomic mass is 9.98. The van der Waals surface area contributed by atoms with Gasteiger partial charge in [0, 0.05) is 10.6 Å². The number of nitrogens with zero attached hydrogens (tertiary/aromatic N) is 2. The Bertz CT molecular complexity index is 1250. The first-order valence-corrected chi connectivity index (χ1v) is 9.75. The van der Waals surface area contributed by atoms with Gasteiger partial charge >= 0.3 is 0 Å². The quantitative estimate of drug-likeness (QED) is 0.383. The highest BCUT2D eigenvalue weighted by Crippen LogP contribution is 2.36. The molecule has 0 fully saturated rings. The predicted octanol–water partition coefficient (Wildman–Crippen LogP) is 4.75. The van der Waals surface area contributed by atoms with Crippen molar-refractivity contribution in [3.05, 3.63) is 88.1 Å². The molecule has 29 heavy (non-hydrogen) atoms. The average Bonchev–Trinajstić information content (AvgIpc) is 3.39. The van der Waals surface area contributed by atoms with Crippen LogP contribution in [0, 0.1) is 0 Å². The molecule has 5 rings (SSSR count). The summed E-state index contributed by atoms with van der Waals surface area (Å²) < 4.78 is 0. The Balaban J connectivity index is 1.38. The summed E-state index contributed by atoms with van der Waals surface area (Å²) in [4.78, 5) is 12.4. The summed E-state index contributed by atoms with van der Waals surface area (Å²) in [7, 11) is 0. The summed E-state index contributed by atoms with van der Waals surface area (Å²) in [5.41, 5.74) is 8.24. The van der Waals surface area contributed by atoms with E-state index in [4.69, 9.17) is 11.6 Å². The number of nitrogens with one attached hydrogen (secondary N) is 2. The van der Waals surface area contributed by atoms with Crippen molar-refractivity contribution in [3.63, 3.8) is 0 Å². The first-order chi connectivity index (χ1) is 14.2. The molecule has 0 aliphatic heterocycles. The number of aromatic nitrogens is 2. The van der Waals surface area contributed by atoms with Crippen LogP contribution in [0.15, 0.2) is 65.8 Å². The van der Waals surface area contributed by atoms with Crippen molar-refractivity contribution in [1.29, 1.82) is 0 Å². The normalized spacial score (nSPS) is 12.7. The highest BCUT2D eigenvalue weighted by atomic mass is 35.5. The van der Waals surface area contributed by atoms with E-state index in [0.717, 1.165) is 29.7 Å². The third-order valence-electron chi connectivity index (χ3n) is 5.23. The number of amides is 1. The molecule has 2 N–H and O–H groups in total. The highest BCUT2D eigenvalue weighted by Gasteiger charge is 2.18. The van der Waals surface area contributed by atoms with Crippen LogP contribution < -0.4 is 5.43 Å². The molecule has 0 saturated heterocycles. The molecule has 0 spiro atoms. The van der Waals surface area contributed by atoms with Gasteiger partial charge in [0.15, 0.2) is 0 Å². The number of aromatic amines is 1. The van der Waals surface area contributed by atoms with Gasteiger partial charge in [-0.1, -0.05) is 54.1 Å². The molecule has 0 atom stereocenters. The lowest BCUT2D eigenvalue weighted by Crippen LogP contribution is -2.17. The van der Waals surface area contributed by atoms with E-state index in [-0.39, 0.29) is 5.91 Å². The number of hydrogen-bond donors (Lipinski definition) is 2. The summed E-state index contributed by atoms with van der Waals surface area (Å²) in [6.07, 6.45) is 3.72. The molecule has 5 nitrogen and oxygen atoms in total. The van der Waals surface area contributed by atoms with Crippen LogP contribution in [0.4, 0.5) is 0 Å². The molecule has 0 bridgehead atoms. The van der Waals surface area contributed by atoms with Crippen LogP contribution in [0.1, 0.15) is 27.2 Å². The fourth-order valence-electron chi connectivity index (χ4n) is 3.82. The van der Waals surface area contributed by atoms with Gasteiger partial charge < -0.3 is 0 Å². The van der Waals surface area contributed by atoms with E-state index in [9.17, 15) is 4.79 Å². The Kier molecular flexibility index (Phi) is 4.37. The van der Waals surface area contributed by atoms with E-state index >= 15 is 0 Å². The molecule has 142 valence electrons. The first-order valence-electron chi connectivity index (χ1n) is 9.37. The minimum absolute atomic E-state index is 0.347. The van der Waals surface area contributed by atoms with Crippen molar-refractivity contribution in [2.75, 3.05) is 0 Å². The third-order valence-corrected chi connectivity index (χ3v) is 5.48. The monoisotopic (exact) mass is 400 g/mol. The second-order valence-electron chi connectivity index (χ2n) is 7.03. The highest BCUT2D eigenvalue weighted by molar-refractivity contribution is 6.30. The molecule has 0 radical (unpaired) electrons. The zero-order valence-electron chi connectivity index (χ0n) is 15.4. The lowest BCUT2D eigenvalue weighted by Gasteiger charge is -2.06. The SMILES string of the molecule is O=C(N/N=C\c1ccc(Cl)cc1)c1cc(-c2ccc3c4c(cccc24)CC3)n[nH]1. The number of carbonyl (C=O) groups is 1. The molecule has 1 aliphatic rings. The van der Waals surface area contributed by atoms with Crippen LogP contribution in [0.25, 0.3) is 22.0 Å². The molecular weight excluding hydrogens is 384 g/mol. The number of hydrazone groups is 1. The van der Waals surface area contributed by atoms with Crippen molar-refractivity contribution < 1.29 is 4.79 Å². The van der Waals surface area contributed by atoms with Gasteiger partial charge in [0.2, 0.25) is 0 Å². The van der Waals surface area contributed by atoms with Gasteiger partial charge in [-0.15, -0.1) is 0 Å². The van der Waals surface area contributed by atoms with E-state index in [0.29, 0.717) is 10.7 Å². The van der Waals surface area contributed by atoms with E-state index in [2.05, 4.69) is 51.1 Å². The van der Waals surface area contributed by atoms with Crippen LogP contribution in [0.5, 0.6) is 0 Å². The molecule has 3 aromatic carbocycles. The van der Waals surface area contributed by atoms with Crippen LogP contribution in [0.2, 0.25) is 5.02 Å². The fraction of sp³-hybridized carbons (Fsp3) is 0.0870. The Labute approximate surface area is 172 Å². The zero-order chi connectivity index (χ0) is 19.8. The van der Waals surface area contributed by atoms with Gasteiger partial charge in [-0.2, -0.15) is 10.2 Å². The summed E-state index contributed by atoms with van der Waals surface area (Å²) in [5.74, 6) is -0.347. The molecular formula is C23H17ClN4O. The zero-order valence-corrected chi connectivity index (χ0v) is 16.2. The second-order valence-corrected chi connectivity index (χ2v) is 7.47. The lowest BCUT2D eigenvalue weighted by molar-refractivity contribution is 0.0950. The number of carbonyl (C=O) groups excluding carboxylic acids is 1. The van der Waals surface area contributed by atoms with Gasteiger partial charge in [-0.05, 0) is 58.5 Å². The van der Waals surface area contributed by atoms with Crippen molar-refractivity contribution in [1.82, 2.24) is 15.6 Å². The van der Waals surface area contributed by atoms with Gasteiger partial charge in [0.05, 0.1) is 11.9 Å². The smallest absolute Gasteiger partial charge is 0.272 e. The number of hydrogen-bond acceptors (Lipinski definition) is 3. The number of rotatable bonds is 4. The van der Waals surface area contributed by atoms with Crippen molar-refractivity contribution in [2.24, 2.45) is 5.10 Å². The Morgan fingerprint density at radius 2 is 1.86 bits per heavy atom. The Morgan fingerprint density at radius 1 is 1.07 bits per heavy atom. The Hall–Kier alpha value is -3.44. The van der Waals surface area contributed by atoms with Gasteiger partial charge in [-0.25, -0.2) is 5.43 Å². The molecule has 1 amide bonds. The van der Waals surface area contributed by atoms with Crippen molar-refractivity contribution in [2.45, 2.75) is 12.8 Å². The van der Waals surface area contributed by atoms with E-state index < -0.39 is 0 Å². The number of aryl methyl sites for hydroxylation is 2. The van der Waals surface area contributed by atoms with E-state index in [1.807, 2.05) is 12.1 Å². The van der Waals surface area contributed by atoms with Crippen LogP contribution in [-0.4, -0.2) is 22.3 Å². The van der Waals surface area contributed by atoms with Crippen molar-refractivity contribution in [3.8, 4) is 11.3 Å². The van der Waals surface area contributed by atoms with Gasteiger partial charge in [0.1, 0.15) is 5.69 Å². The molecule has 1 aliphatic carbocycles. The number of halogens is 1. The van der Waals surface area contributed by atoms with Crippen molar-refractivity contribution >= 4 is 34.5 Å². The first kappa shape index (κ1) is 17.6. The molecule has 6 heteroatoms. The summed E-state index contributed by atoms with van der Waals surface area (Å²) in [6, 6.07) is 19.6. The molecule has 1 heterocycles. The average molecular weight is 401 g/mol. The number of benzene rings is 3. The molecule has 1 aromatic heterocycles. The standard InChI is InChI=1S/C23H17ClN4O/c24-17-9-4-14(5-10-17)13-25-28-23(29)21-12-20(26-27-21)18-11-8-16-7-6-15-2-1-3-19(18)22(15)16/h1-5,8-13H,6-7H2,(H,26,27)(H,28,29)/b25-13-. The maximum Gasteiger partial charge on any atom is 0.289 e. The topological polar surface area (TPSA) is 70.1 Å². The third kappa shape index (κ3) is 3.30. The van der Waals surface area contributed by atoms with Gasteiger partial charge in [0.25, 0.3) is 5.91 Å².